The minimum atomic E-state index is -1.27. The zero-order valence-corrected chi connectivity index (χ0v) is 27.1. The van der Waals surface area contributed by atoms with Gasteiger partial charge in [-0.1, -0.05) is 30.3 Å². The number of nitrogens with one attached hydrogen (secondary N) is 1. The van der Waals surface area contributed by atoms with Crippen molar-refractivity contribution in [1.82, 2.24) is 20.0 Å². The normalized spacial score (nSPS) is 14.9. The van der Waals surface area contributed by atoms with Gasteiger partial charge in [0.1, 0.15) is 24.8 Å². The summed E-state index contributed by atoms with van der Waals surface area (Å²) in [6, 6.07) is 6.62. The van der Waals surface area contributed by atoms with Crippen LogP contribution in [0.25, 0.3) is 0 Å². The number of ether oxygens (including phenoxy) is 3. The van der Waals surface area contributed by atoms with Gasteiger partial charge in [0, 0.05) is 26.6 Å². The molecule has 45 heavy (non-hydrogen) atoms. The van der Waals surface area contributed by atoms with Gasteiger partial charge in [-0.15, -0.1) is 0 Å². The number of carbonyl (C=O) groups excluding carboxylic acids is 6. The molecule has 0 spiro atoms. The van der Waals surface area contributed by atoms with E-state index in [1.165, 1.54) is 14.0 Å². The van der Waals surface area contributed by atoms with Crippen LogP contribution < -0.4 is 11.1 Å². The van der Waals surface area contributed by atoms with Crippen LogP contribution in [0.2, 0.25) is 0 Å². The highest BCUT2D eigenvalue weighted by Gasteiger charge is 2.32. The van der Waals surface area contributed by atoms with E-state index in [0.29, 0.717) is 32.4 Å². The van der Waals surface area contributed by atoms with Crippen molar-refractivity contribution in [2.24, 2.45) is 11.7 Å². The summed E-state index contributed by atoms with van der Waals surface area (Å²) in [7, 11) is 2.50. The van der Waals surface area contributed by atoms with Crippen molar-refractivity contribution in [3.8, 4) is 0 Å². The Morgan fingerprint density at radius 3 is 2.22 bits per heavy atom. The summed E-state index contributed by atoms with van der Waals surface area (Å²) in [4.78, 5) is 79.8. The number of methoxy groups -OCH3 is 1. The quantitative estimate of drug-likeness (QED) is 0.256. The first-order valence-electron chi connectivity index (χ1n) is 15.0. The summed E-state index contributed by atoms with van der Waals surface area (Å²) in [5.41, 5.74) is 5.93. The van der Waals surface area contributed by atoms with Crippen molar-refractivity contribution >= 4 is 35.9 Å². The first kappa shape index (κ1) is 37.0. The topological polar surface area (TPSA) is 178 Å². The molecule has 2 rings (SSSR count). The molecule has 1 fully saturated rings. The van der Waals surface area contributed by atoms with Crippen LogP contribution in [0.15, 0.2) is 30.3 Å². The number of carbonyl (C=O) groups is 6. The lowest BCUT2D eigenvalue weighted by atomic mass is 9.92. The molecule has 2 atom stereocenters. The second-order valence-electron chi connectivity index (χ2n) is 12.1. The maximum absolute atomic E-state index is 13.2. The highest BCUT2D eigenvalue weighted by Crippen LogP contribution is 2.24. The lowest BCUT2D eigenvalue weighted by Crippen LogP contribution is -2.53. The predicted molar refractivity (Wildman–Crippen MR) is 163 cm³/mol. The third-order valence-corrected chi connectivity index (χ3v) is 7.16. The molecular weight excluding hydrogens is 586 g/mol. The summed E-state index contributed by atoms with van der Waals surface area (Å²) in [6.07, 6.45) is 0.549. The first-order chi connectivity index (χ1) is 21.1. The van der Waals surface area contributed by atoms with Crippen LogP contribution in [-0.2, 0) is 40.0 Å². The molecule has 1 aliphatic rings. The van der Waals surface area contributed by atoms with E-state index >= 15 is 0 Å². The van der Waals surface area contributed by atoms with Gasteiger partial charge in [0.15, 0.2) is 0 Å². The monoisotopic (exact) mass is 633 g/mol. The van der Waals surface area contributed by atoms with Crippen LogP contribution in [-0.4, -0.2) is 109 Å². The molecule has 5 amide bonds. The number of hydrogen-bond acceptors (Lipinski definition) is 10. The number of esters is 1. The van der Waals surface area contributed by atoms with Crippen molar-refractivity contribution in [2.45, 2.75) is 77.7 Å². The van der Waals surface area contributed by atoms with E-state index in [1.807, 2.05) is 6.07 Å². The Bertz CT molecular complexity index is 1180. The molecule has 1 saturated heterocycles. The standard InChI is InChI=1S/C31H47N5O9/c1-21(32)27(39)36(25(37)13-12-22-14-16-35(17-15-22)30(42)45-31(2,3)4)19-26(38)34(5)18-24(28(40)43-6)33-29(41)44-20-23-10-8-7-9-11-23/h7-11,21-22,24H,12-20,32H2,1-6H3,(H,33,41)/t21-,24-/m0/s1. The third-order valence-electron chi connectivity index (χ3n) is 7.16. The fourth-order valence-corrected chi connectivity index (χ4v) is 4.59. The number of likely N-dealkylation sites (N-methyl/N-ethyl adjacent to an activating group) is 1. The molecule has 1 aromatic carbocycles. The van der Waals surface area contributed by atoms with Gasteiger partial charge >= 0.3 is 18.2 Å². The number of benzene rings is 1. The van der Waals surface area contributed by atoms with Crippen molar-refractivity contribution < 1.29 is 43.0 Å². The molecule has 1 heterocycles. The van der Waals surface area contributed by atoms with Crippen molar-refractivity contribution in [3.05, 3.63) is 35.9 Å². The highest BCUT2D eigenvalue weighted by atomic mass is 16.6. The smallest absolute Gasteiger partial charge is 0.410 e. The number of nitrogens with two attached hydrogens (primary N) is 1. The number of imide groups is 1. The Morgan fingerprint density at radius 2 is 1.67 bits per heavy atom. The summed E-state index contributed by atoms with van der Waals surface area (Å²) < 4.78 is 15.4. The number of rotatable bonds is 12. The minimum Gasteiger partial charge on any atom is -0.467 e. The molecule has 0 aromatic heterocycles. The van der Waals surface area contributed by atoms with E-state index in [0.717, 1.165) is 22.5 Å². The van der Waals surface area contributed by atoms with Crippen LogP contribution in [0.5, 0.6) is 0 Å². The molecule has 3 N–H and O–H groups in total. The lowest BCUT2D eigenvalue weighted by Gasteiger charge is -2.33. The molecule has 0 bridgehead atoms. The summed E-state index contributed by atoms with van der Waals surface area (Å²) >= 11 is 0. The van der Waals surface area contributed by atoms with Gasteiger partial charge in [-0.05, 0) is 58.4 Å². The Labute approximate surface area is 264 Å². The zero-order valence-electron chi connectivity index (χ0n) is 27.1. The maximum Gasteiger partial charge on any atom is 0.410 e. The summed E-state index contributed by atoms with van der Waals surface area (Å²) in [5, 5.41) is 2.39. The Balaban J connectivity index is 1.94. The highest BCUT2D eigenvalue weighted by molar-refractivity contribution is 6.00. The average Bonchev–Trinajstić information content (AvgIpc) is 3.00. The zero-order chi connectivity index (χ0) is 33.7. The van der Waals surface area contributed by atoms with Crippen molar-refractivity contribution in [2.75, 3.05) is 40.3 Å². The number of likely N-dealkylation sites (tertiary alicyclic amines) is 1. The first-order valence-corrected chi connectivity index (χ1v) is 15.0. The molecule has 0 saturated carbocycles. The molecule has 14 heteroatoms. The fourth-order valence-electron chi connectivity index (χ4n) is 4.59. The second-order valence-corrected chi connectivity index (χ2v) is 12.1. The van der Waals surface area contributed by atoms with E-state index < -0.39 is 54.0 Å². The van der Waals surface area contributed by atoms with Crippen molar-refractivity contribution in [1.29, 1.82) is 0 Å². The van der Waals surface area contributed by atoms with E-state index in [2.05, 4.69) is 5.32 Å². The number of alkyl carbamates (subject to hydrolysis) is 1. The number of hydrogen-bond donors (Lipinski definition) is 2. The van der Waals surface area contributed by atoms with Crippen LogP contribution >= 0.6 is 0 Å². The number of nitrogens with zero attached hydrogens (tertiary/aromatic N) is 3. The van der Waals surface area contributed by atoms with Gasteiger partial charge in [-0.2, -0.15) is 0 Å². The number of amides is 5. The minimum absolute atomic E-state index is 0.00611. The molecule has 0 radical (unpaired) electrons. The molecule has 0 aliphatic carbocycles. The second kappa shape index (κ2) is 17.3. The lowest BCUT2D eigenvalue weighted by molar-refractivity contribution is -0.151. The summed E-state index contributed by atoms with van der Waals surface area (Å²) in [6.45, 7) is 6.88. The van der Waals surface area contributed by atoms with Gasteiger partial charge in [0.05, 0.1) is 19.7 Å². The SMILES string of the molecule is COC(=O)[C@H](CN(C)C(=O)CN(C(=O)CCC1CCN(C(=O)OC(C)(C)C)CC1)C(=O)[C@H](C)N)NC(=O)OCc1ccccc1. The van der Waals surface area contributed by atoms with Gasteiger partial charge in [0.2, 0.25) is 17.7 Å². The van der Waals surface area contributed by atoms with Gasteiger partial charge in [-0.3, -0.25) is 19.3 Å². The third kappa shape index (κ3) is 12.7. The molecule has 1 aromatic rings. The van der Waals surface area contributed by atoms with Crippen molar-refractivity contribution in [3.63, 3.8) is 0 Å². The van der Waals surface area contributed by atoms with Crippen LogP contribution in [0.3, 0.4) is 0 Å². The largest absolute Gasteiger partial charge is 0.467 e. The van der Waals surface area contributed by atoms with Crippen LogP contribution in [0.1, 0.15) is 58.9 Å². The van der Waals surface area contributed by atoms with E-state index in [9.17, 15) is 28.8 Å². The van der Waals surface area contributed by atoms with E-state index in [4.69, 9.17) is 19.9 Å². The van der Waals surface area contributed by atoms with Crippen LogP contribution in [0, 0.1) is 5.92 Å². The van der Waals surface area contributed by atoms with Crippen LogP contribution in [0.4, 0.5) is 9.59 Å². The summed E-state index contributed by atoms with van der Waals surface area (Å²) in [5.74, 6) is -2.60. The van der Waals surface area contributed by atoms with Gasteiger partial charge in [0.25, 0.3) is 0 Å². The maximum atomic E-state index is 13.2. The fraction of sp³-hybridized carbons (Fsp3) is 0.613. The van der Waals surface area contributed by atoms with Gasteiger partial charge < -0.3 is 35.1 Å². The average molecular weight is 634 g/mol. The molecule has 250 valence electrons. The Hall–Kier alpha value is -4.20. The van der Waals surface area contributed by atoms with E-state index in [1.54, 1.807) is 49.9 Å². The Morgan fingerprint density at radius 1 is 1.04 bits per heavy atom. The molecule has 0 unspecified atom stereocenters. The molecule has 1 aliphatic heterocycles. The molecule has 14 nitrogen and oxygen atoms in total. The van der Waals surface area contributed by atoms with E-state index in [-0.39, 0.29) is 31.6 Å². The Kier molecular flexibility index (Phi) is 14.2. The predicted octanol–water partition coefficient (Wildman–Crippen LogP) is 2.04. The van der Waals surface area contributed by atoms with Gasteiger partial charge in [-0.25, -0.2) is 14.4 Å². The molecular formula is C31H47N5O9. The number of piperidine rings is 1.